The molecule has 3 heterocycles. The highest BCUT2D eigenvalue weighted by molar-refractivity contribution is 5.92. The fraction of sp³-hybridized carbons (Fsp3) is 0.316. The van der Waals surface area contributed by atoms with Crippen molar-refractivity contribution in [2.45, 2.75) is 32.7 Å². The second-order valence-electron chi connectivity index (χ2n) is 6.21. The number of benzene rings is 1. The van der Waals surface area contributed by atoms with Crippen molar-refractivity contribution in [2.24, 2.45) is 0 Å². The number of carbonyl (C=O) groups excluding carboxylic acids is 1. The van der Waals surface area contributed by atoms with Crippen LogP contribution >= 0.6 is 0 Å². The topological polar surface area (TPSA) is 72.4 Å². The minimum atomic E-state index is -0.144. The van der Waals surface area contributed by atoms with E-state index in [0.717, 1.165) is 30.2 Å². The molecule has 1 aromatic carbocycles. The summed E-state index contributed by atoms with van der Waals surface area (Å²) in [7, 11) is 0. The van der Waals surface area contributed by atoms with Crippen LogP contribution in [0, 0.1) is 6.92 Å². The van der Waals surface area contributed by atoms with Gasteiger partial charge in [-0.25, -0.2) is 9.97 Å². The Balaban J connectivity index is 1.44. The van der Waals surface area contributed by atoms with Crippen LogP contribution in [0.3, 0.4) is 0 Å². The zero-order chi connectivity index (χ0) is 17.2. The number of aromatic nitrogens is 2. The van der Waals surface area contributed by atoms with E-state index in [2.05, 4.69) is 22.1 Å². The third-order valence-corrected chi connectivity index (χ3v) is 4.47. The van der Waals surface area contributed by atoms with Gasteiger partial charge in [-0.3, -0.25) is 4.79 Å². The van der Waals surface area contributed by atoms with Crippen LogP contribution in [0.1, 0.15) is 39.2 Å². The molecule has 6 heteroatoms. The number of amides is 1. The van der Waals surface area contributed by atoms with Crippen LogP contribution in [0.15, 0.2) is 45.6 Å². The zero-order valence-corrected chi connectivity index (χ0v) is 14.1. The maximum Gasteiger partial charge on any atom is 0.291 e. The molecule has 1 amide bonds. The number of oxazole rings is 2. The van der Waals surface area contributed by atoms with Crippen molar-refractivity contribution in [3.63, 3.8) is 0 Å². The number of rotatable bonds is 4. The van der Waals surface area contributed by atoms with Gasteiger partial charge in [0.2, 0.25) is 5.76 Å². The second-order valence-corrected chi connectivity index (χ2v) is 6.21. The minimum Gasteiger partial charge on any atom is -0.445 e. The maximum atomic E-state index is 12.5. The lowest BCUT2D eigenvalue weighted by atomic mass is 10.1. The number of hydrogen-bond donors (Lipinski definition) is 0. The molecule has 2 aromatic heterocycles. The first kappa shape index (κ1) is 15.6. The summed E-state index contributed by atoms with van der Waals surface area (Å²) < 4.78 is 11.1. The first-order valence-electron chi connectivity index (χ1n) is 8.41. The van der Waals surface area contributed by atoms with E-state index in [4.69, 9.17) is 8.83 Å². The van der Waals surface area contributed by atoms with Crippen molar-refractivity contribution < 1.29 is 13.6 Å². The van der Waals surface area contributed by atoms with Gasteiger partial charge < -0.3 is 13.7 Å². The van der Waals surface area contributed by atoms with Crippen molar-refractivity contribution in [2.75, 3.05) is 6.54 Å². The Bertz CT molecular complexity index is 882. The van der Waals surface area contributed by atoms with Crippen LogP contribution in [0.2, 0.25) is 0 Å². The normalized spacial score (nSPS) is 13.7. The largest absolute Gasteiger partial charge is 0.445 e. The Labute approximate surface area is 145 Å². The average molecular weight is 337 g/mol. The summed E-state index contributed by atoms with van der Waals surface area (Å²) in [6.45, 7) is 2.81. The summed E-state index contributed by atoms with van der Waals surface area (Å²) in [6.07, 6.45) is 3.62. The smallest absolute Gasteiger partial charge is 0.291 e. The lowest BCUT2D eigenvalue weighted by Crippen LogP contribution is -2.36. The van der Waals surface area contributed by atoms with Gasteiger partial charge in [0, 0.05) is 19.4 Å². The van der Waals surface area contributed by atoms with Gasteiger partial charge in [0.05, 0.1) is 12.2 Å². The highest BCUT2D eigenvalue weighted by Gasteiger charge is 2.28. The molecule has 0 fully saturated rings. The molecule has 0 aliphatic carbocycles. The fourth-order valence-electron chi connectivity index (χ4n) is 3.08. The first-order chi connectivity index (χ1) is 12.2. The highest BCUT2D eigenvalue weighted by atomic mass is 16.4. The van der Waals surface area contributed by atoms with E-state index in [1.165, 1.54) is 12.0 Å². The molecule has 1 aliphatic heterocycles. The monoisotopic (exact) mass is 337 g/mol. The fourth-order valence-corrected chi connectivity index (χ4v) is 3.08. The quantitative estimate of drug-likeness (QED) is 0.732. The molecule has 25 heavy (non-hydrogen) atoms. The summed E-state index contributed by atoms with van der Waals surface area (Å²) in [5.41, 5.74) is 2.72. The van der Waals surface area contributed by atoms with E-state index in [9.17, 15) is 4.79 Å². The van der Waals surface area contributed by atoms with E-state index in [1.54, 1.807) is 11.8 Å². The molecule has 128 valence electrons. The van der Waals surface area contributed by atoms with Gasteiger partial charge in [-0.05, 0) is 18.9 Å². The molecule has 0 spiro atoms. The second kappa shape index (κ2) is 6.55. The molecule has 0 radical (unpaired) electrons. The summed E-state index contributed by atoms with van der Waals surface area (Å²) in [6, 6.07) is 10.3. The standard InChI is InChI=1S/C19H19N3O3/c1-13-18(24-12-20-13)19(23)22-10-9-16-15(11-22)21-17(25-16)8-7-14-5-3-2-4-6-14/h2-6,12H,7-11H2,1H3. The molecular formula is C19H19N3O3. The van der Waals surface area contributed by atoms with E-state index in [-0.39, 0.29) is 5.91 Å². The number of hydrogen-bond acceptors (Lipinski definition) is 5. The van der Waals surface area contributed by atoms with Crippen molar-refractivity contribution in [1.82, 2.24) is 14.9 Å². The molecule has 0 N–H and O–H groups in total. The maximum absolute atomic E-state index is 12.5. The van der Waals surface area contributed by atoms with E-state index < -0.39 is 0 Å². The lowest BCUT2D eigenvalue weighted by molar-refractivity contribution is 0.0694. The van der Waals surface area contributed by atoms with E-state index in [1.807, 2.05) is 18.2 Å². The predicted molar refractivity (Wildman–Crippen MR) is 90.0 cm³/mol. The molecule has 0 unspecified atom stereocenters. The summed E-state index contributed by atoms with van der Waals surface area (Å²) in [5.74, 6) is 1.78. The molecule has 0 bridgehead atoms. The summed E-state index contributed by atoms with van der Waals surface area (Å²) in [4.78, 5) is 22.9. The minimum absolute atomic E-state index is 0.144. The van der Waals surface area contributed by atoms with Crippen molar-refractivity contribution in [3.05, 3.63) is 71.1 Å². The van der Waals surface area contributed by atoms with Gasteiger partial charge in [0.15, 0.2) is 12.3 Å². The lowest BCUT2D eigenvalue weighted by Gasteiger charge is -2.24. The summed E-state index contributed by atoms with van der Waals surface area (Å²) in [5, 5.41) is 0. The van der Waals surface area contributed by atoms with Gasteiger partial charge in [0.25, 0.3) is 5.91 Å². The van der Waals surface area contributed by atoms with Gasteiger partial charge >= 0.3 is 0 Å². The van der Waals surface area contributed by atoms with Gasteiger partial charge in [-0.15, -0.1) is 0 Å². The van der Waals surface area contributed by atoms with E-state index in [0.29, 0.717) is 31.0 Å². The van der Waals surface area contributed by atoms with Crippen LogP contribution in [-0.2, 0) is 25.8 Å². The molecule has 3 aromatic rings. The number of carbonyl (C=O) groups is 1. The third-order valence-electron chi connectivity index (χ3n) is 4.47. The molecule has 6 nitrogen and oxygen atoms in total. The first-order valence-corrected chi connectivity index (χ1v) is 8.41. The number of aryl methyl sites for hydroxylation is 3. The highest BCUT2D eigenvalue weighted by Crippen LogP contribution is 2.22. The molecule has 0 saturated carbocycles. The number of fused-ring (bicyclic) bond motifs is 1. The van der Waals surface area contributed by atoms with Crippen LogP contribution in [-0.4, -0.2) is 27.3 Å². The van der Waals surface area contributed by atoms with Gasteiger partial charge in [-0.2, -0.15) is 0 Å². The van der Waals surface area contributed by atoms with E-state index >= 15 is 0 Å². The Morgan fingerprint density at radius 2 is 2.08 bits per heavy atom. The Morgan fingerprint density at radius 1 is 1.24 bits per heavy atom. The Morgan fingerprint density at radius 3 is 2.84 bits per heavy atom. The van der Waals surface area contributed by atoms with Crippen LogP contribution in [0.4, 0.5) is 0 Å². The van der Waals surface area contributed by atoms with Crippen molar-refractivity contribution in [3.8, 4) is 0 Å². The molecule has 4 rings (SSSR count). The Hall–Kier alpha value is -2.89. The summed E-state index contributed by atoms with van der Waals surface area (Å²) >= 11 is 0. The Kier molecular flexibility index (Phi) is 4.09. The van der Waals surface area contributed by atoms with Crippen LogP contribution < -0.4 is 0 Å². The molecule has 0 saturated heterocycles. The molecular weight excluding hydrogens is 318 g/mol. The average Bonchev–Trinajstić information content (AvgIpc) is 3.25. The van der Waals surface area contributed by atoms with Gasteiger partial charge in [0.1, 0.15) is 11.5 Å². The van der Waals surface area contributed by atoms with Crippen molar-refractivity contribution in [1.29, 1.82) is 0 Å². The molecule has 1 aliphatic rings. The van der Waals surface area contributed by atoms with Crippen molar-refractivity contribution >= 4 is 5.91 Å². The van der Waals surface area contributed by atoms with Crippen LogP contribution in [0.5, 0.6) is 0 Å². The zero-order valence-electron chi connectivity index (χ0n) is 14.1. The third kappa shape index (κ3) is 3.20. The number of nitrogens with zero attached hydrogens (tertiary/aromatic N) is 3. The SMILES string of the molecule is Cc1ncoc1C(=O)N1CCc2oc(CCc3ccccc3)nc2C1. The molecule has 0 atom stereocenters. The predicted octanol–water partition coefficient (Wildman–Crippen LogP) is 2.95. The van der Waals surface area contributed by atoms with Crippen LogP contribution in [0.25, 0.3) is 0 Å². The van der Waals surface area contributed by atoms with Gasteiger partial charge in [-0.1, -0.05) is 30.3 Å².